The van der Waals surface area contributed by atoms with E-state index in [1.54, 1.807) is 18.0 Å². The van der Waals surface area contributed by atoms with Gasteiger partial charge in [0.2, 0.25) is 5.91 Å². The van der Waals surface area contributed by atoms with Gasteiger partial charge in [0.1, 0.15) is 11.0 Å². The minimum Gasteiger partial charge on any atom is -0.332 e. The summed E-state index contributed by atoms with van der Waals surface area (Å²) in [5.41, 5.74) is 5.55. The van der Waals surface area contributed by atoms with Gasteiger partial charge in [0.15, 0.2) is 0 Å². The number of fused-ring (bicyclic) bond motifs is 1. The molecule has 1 amide bonds. The monoisotopic (exact) mass is 228 g/mol. The first-order chi connectivity index (χ1) is 7.09. The minimum atomic E-state index is -0.456. The van der Waals surface area contributed by atoms with Crippen molar-refractivity contribution in [2.24, 2.45) is 5.73 Å². The van der Waals surface area contributed by atoms with Crippen molar-refractivity contribution in [1.29, 1.82) is 0 Å². The summed E-state index contributed by atoms with van der Waals surface area (Å²) < 4.78 is 1.91. The maximum absolute atomic E-state index is 11.6. The first kappa shape index (κ1) is 10.4. The lowest BCUT2D eigenvalue weighted by molar-refractivity contribution is -0.133. The molecule has 0 aliphatic carbocycles. The van der Waals surface area contributed by atoms with Crippen molar-refractivity contribution in [2.75, 3.05) is 6.54 Å². The standard InChI is InChI=1S/C9H13ClN4O/c1-6(11)9(15)13-2-3-14-7(10)4-12-8(14)5-13/h4,6H,2-3,5,11H2,1H3. The molecule has 0 bridgehead atoms. The maximum Gasteiger partial charge on any atom is 0.239 e. The summed E-state index contributed by atoms with van der Waals surface area (Å²) in [7, 11) is 0. The second-order valence-electron chi connectivity index (χ2n) is 3.70. The second kappa shape index (κ2) is 3.83. The molecule has 0 spiro atoms. The minimum absolute atomic E-state index is 0.0413. The van der Waals surface area contributed by atoms with Gasteiger partial charge in [-0.3, -0.25) is 4.79 Å². The number of nitrogens with two attached hydrogens (primary N) is 1. The van der Waals surface area contributed by atoms with Gasteiger partial charge >= 0.3 is 0 Å². The van der Waals surface area contributed by atoms with E-state index in [4.69, 9.17) is 17.3 Å². The Morgan fingerprint density at radius 3 is 3.07 bits per heavy atom. The lowest BCUT2D eigenvalue weighted by atomic mass is 10.2. The fraction of sp³-hybridized carbons (Fsp3) is 0.556. The number of carbonyl (C=O) groups is 1. The van der Waals surface area contributed by atoms with E-state index in [1.165, 1.54) is 0 Å². The molecule has 1 unspecified atom stereocenters. The van der Waals surface area contributed by atoms with Crippen LogP contribution in [0.4, 0.5) is 0 Å². The maximum atomic E-state index is 11.6. The molecule has 1 aliphatic heterocycles. The van der Waals surface area contributed by atoms with Gasteiger partial charge in [-0.1, -0.05) is 11.6 Å². The Balaban J connectivity index is 2.16. The van der Waals surface area contributed by atoms with E-state index >= 15 is 0 Å². The van der Waals surface area contributed by atoms with Crippen molar-refractivity contribution in [3.8, 4) is 0 Å². The Bertz CT molecular complexity index is 387. The zero-order valence-corrected chi connectivity index (χ0v) is 9.24. The number of nitrogens with zero attached hydrogens (tertiary/aromatic N) is 3. The highest BCUT2D eigenvalue weighted by Gasteiger charge is 2.24. The van der Waals surface area contributed by atoms with E-state index in [2.05, 4.69) is 4.98 Å². The summed E-state index contributed by atoms with van der Waals surface area (Å²) in [6.45, 7) is 3.51. The molecule has 0 aromatic carbocycles. The van der Waals surface area contributed by atoms with Crippen LogP contribution >= 0.6 is 11.6 Å². The number of rotatable bonds is 1. The van der Waals surface area contributed by atoms with Gasteiger partial charge in [-0.05, 0) is 6.92 Å². The van der Waals surface area contributed by atoms with Gasteiger partial charge < -0.3 is 15.2 Å². The van der Waals surface area contributed by atoms with Crippen LogP contribution in [0.3, 0.4) is 0 Å². The van der Waals surface area contributed by atoms with Gasteiger partial charge in [-0.25, -0.2) is 4.98 Å². The van der Waals surface area contributed by atoms with Crippen LogP contribution in [0.1, 0.15) is 12.7 Å². The second-order valence-corrected chi connectivity index (χ2v) is 4.08. The molecule has 15 heavy (non-hydrogen) atoms. The Kier molecular flexibility index (Phi) is 2.67. The largest absolute Gasteiger partial charge is 0.332 e. The van der Waals surface area contributed by atoms with Gasteiger partial charge in [0.25, 0.3) is 0 Å². The van der Waals surface area contributed by atoms with E-state index in [1.807, 2.05) is 4.57 Å². The Hall–Kier alpha value is -1.07. The number of imidazole rings is 1. The van der Waals surface area contributed by atoms with E-state index in [9.17, 15) is 4.79 Å². The van der Waals surface area contributed by atoms with Crippen LogP contribution in [0.5, 0.6) is 0 Å². The number of halogens is 1. The third-order valence-corrected chi connectivity index (χ3v) is 2.82. The summed E-state index contributed by atoms with van der Waals surface area (Å²) in [6, 6.07) is -0.456. The van der Waals surface area contributed by atoms with Gasteiger partial charge in [0, 0.05) is 13.1 Å². The topological polar surface area (TPSA) is 64.2 Å². The zero-order chi connectivity index (χ0) is 11.0. The van der Waals surface area contributed by atoms with E-state index in [-0.39, 0.29) is 5.91 Å². The molecular formula is C9H13ClN4O. The van der Waals surface area contributed by atoms with Crippen LogP contribution < -0.4 is 5.73 Å². The van der Waals surface area contributed by atoms with Gasteiger partial charge in [-0.2, -0.15) is 0 Å². The summed E-state index contributed by atoms with van der Waals surface area (Å²) in [5.74, 6) is 0.778. The highest BCUT2D eigenvalue weighted by Crippen LogP contribution is 2.17. The Labute approximate surface area is 92.8 Å². The van der Waals surface area contributed by atoms with E-state index < -0.39 is 6.04 Å². The Morgan fingerprint density at radius 1 is 1.67 bits per heavy atom. The van der Waals surface area contributed by atoms with Crippen LogP contribution in [0.25, 0.3) is 0 Å². The number of hydrogen-bond acceptors (Lipinski definition) is 3. The smallest absolute Gasteiger partial charge is 0.239 e. The first-order valence-electron chi connectivity index (χ1n) is 4.84. The number of amides is 1. The molecule has 2 N–H and O–H groups in total. The molecule has 0 saturated heterocycles. The molecule has 0 saturated carbocycles. The molecule has 2 heterocycles. The third kappa shape index (κ3) is 1.85. The number of carbonyl (C=O) groups excluding carboxylic acids is 1. The molecule has 1 aliphatic rings. The lowest BCUT2D eigenvalue weighted by Crippen LogP contribution is -2.45. The van der Waals surface area contributed by atoms with Gasteiger partial charge in [0.05, 0.1) is 18.8 Å². The summed E-state index contributed by atoms with van der Waals surface area (Å²) in [6.07, 6.45) is 1.61. The van der Waals surface area contributed by atoms with Crippen molar-refractivity contribution >= 4 is 17.5 Å². The third-order valence-electron chi connectivity index (χ3n) is 2.52. The SMILES string of the molecule is CC(N)C(=O)N1CCn2c(Cl)cnc2C1. The van der Waals surface area contributed by atoms with Gasteiger partial charge in [-0.15, -0.1) is 0 Å². The molecule has 0 fully saturated rings. The highest BCUT2D eigenvalue weighted by atomic mass is 35.5. The lowest BCUT2D eigenvalue weighted by Gasteiger charge is -2.29. The van der Waals surface area contributed by atoms with Crippen molar-refractivity contribution in [3.63, 3.8) is 0 Å². The van der Waals surface area contributed by atoms with Crippen LogP contribution in [-0.2, 0) is 17.9 Å². The number of aromatic nitrogens is 2. The molecule has 82 valence electrons. The molecule has 0 radical (unpaired) electrons. The molecule has 5 nitrogen and oxygen atoms in total. The van der Waals surface area contributed by atoms with Crippen molar-refractivity contribution < 1.29 is 4.79 Å². The van der Waals surface area contributed by atoms with Crippen LogP contribution in [0.2, 0.25) is 5.15 Å². The summed E-state index contributed by atoms with van der Waals surface area (Å²) in [4.78, 5) is 17.5. The van der Waals surface area contributed by atoms with Crippen molar-refractivity contribution in [3.05, 3.63) is 17.2 Å². The van der Waals surface area contributed by atoms with E-state index in [0.717, 1.165) is 5.82 Å². The van der Waals surface area contributed by atoms with Crippen molar-refractivity contribution in [2.45, 2.75) is 26.1 Å². The molecule has 1 atom stereocenters. The van der Waals surface area contributed by atoms with Crippen LogP contribution in [0.15, 0.2) is 6.20 Å². The predicted octanol–water partition coefficient (Wildman–Crippen LogP) is 0.226. The average Bonchev–Trinajstić information content (AvgIpc) is 2.59. The highest BCUT2D eigenvalue weighted by molar-refractivity contribution is 6.29. The summed E-state index contributed by atoms with van der Waals surface area (Å²) in [5, 5.41) is 0.623. The molecular weight excluding hydrogens is 216 g/mol. The van der Waals surface area contributed by atoms with Crippen LogP contribution in [-0.4, -0.2) is 32.9 Å². The fourth-order valence-corrected chi connectivity index (χ4v) is 1.93. The number of hydrogen-bond donors (Lipinski definition) is 1. The van der Waals surface area contributed by atoms with Crippen LogP contribution in [0, 0.1) is 0 Å². The van der Waals surface area contributed by atoms with E-state index in [0.29, 0.717) is 24.8 Å². The molecule has 6 heteroatoms. The fourth-order valence-electron chi connectivity index (χ4n) is 1.70. The quantitative estimate of drug-likeness (QED) is 0.748. The molecule has 1 aromatic rings. The zero-order valence-electron chi connectivity index (χ0n) is 8.48. The molecule has 2 rings (SSSR count). The van der Waals surface area contributed by atoms with Crippen molar-refractivity contribution in [1.82, 2.24) is 14.5 Å². The normalized spacial score (nSPS) is 17.4. The predicted molar refractivity (Wildman–Crippen MR) is 56.3 cm³/mol. The Morgan fingerprint density at radius 2 is 2.40 bits per heavy atom. The average molecular weight is 229 g/mol. The first-order valence-corrected chi connectivity index (χ1v) is 5.21. The molecule has 1 aromatic heterocycles. The summed E-state index contributed by atoms with van der Waals surface area (Å²) >= 11 is 5.92.